The van der Waals surface area contributed by atoms with E-state index in [1.54, 1.807) is 7.05 Å². The number of unbranched alkanes of at least 4 members (excludes halogenated alkanes) is 2. The maximum Gasteiger partial charge on any atom is 0.416 e. The normalized spacial score (nSPS) is 13.1. The number of nitrogens with one attached hydrogen (secondary N) is 2. The highest BCUT2D eigenvalue weighted by molar-refractivity contribution is 5.49. The number of alkyl halides is 3. The Balaban J connectivity index is 2.78. The monoisotopic (exact) mass is 289 g/mol. The van der Waals surface area contributed by atoms with Crippen molar-refractivity contribution in [2.24, 2.45) is 0 Å². The lowest BCUT2D eigenvalue weighted by atomic mass is 10.1. The summed E-state index contributed by atoms with van der Waals surface area (Å²) in [6.07, 6.45) is -0.137. The molecule has 1 heterocycles. The molecule has 20 heavy (non-hydrogen) atoms. The highest BCUT2D eigenvalue weighted by atomic mass is 19.4. The second-order valence-electron chi connectivity index (χ2n) is 4.92. The van der Waals surface area contributed by atoms with Crippen LogP contribution in [0.5, 0.6) is 0 Å². The van der Waals surface area contributed by atoms with E-state index in [0.29, 0.717) is 0 Å². The van der Waals surface area contributed by atoms with Gasteiger partial charge in [-0.15, -0.1) is 0 Å². The highest BCUT2D eigenvalue weighted by Crippen LogP contribution is 2.32. The van der Waals surface area contributed by atoms with Crippen molar-refractivity contribution >= 4 is 11.6 Å². The Kier molecular flexibility index (Phi) is 6.10. The van der Waals surface area contributed by atoms with Crippen LogP contribution in [0.25, 0.3) is 0 Å². The number of anilines is 2. The van der Waals surface area contributed by atoms with Crippen LogP contribution in [0.1, 0.15) is 45.1 Å². The van der Waals surface area contributed by atoms with Gasteiger partial charge < -0.3 is 10.6 Å². The number of pyridine rings is 1. The molecule has 0 bridgehead atoms. The number of hydrogen-bond donors (Lipinski definition) is 2. The van der Waals surface area contributed by atoms with Crippen LogP contribution in [0.15, 0.2) is 12.1 Å². The van der Waals surface area contributed by atoms with Gasteiger partial charge in [0.15, 0.2) is 0 Å². The maximum atomic E-state index is 12.8. The summed E-state index contributed by atoms with van der Waals surface area (Å²) < 4.78 is 38.4. The molecule has 0 spiro atoms. The molecule has 0 fully saturated rings. The van der Waals surface area contributed by atoms with Crippen LogP contribution in [-0.4, -0.2) is 18.1 Å². The third kappa shape index (κ3) is 5.27. The second-order valence-corrected chi connectivity index (χ2v) is 4.92. The quantitative estimate of drug-likeness (QED) is 0.724. The molecule has 3 nitrogen and oxygen atoms in total. The molecule has 1 atom stereocenters. The lowest BCUT2D eigenvalue weighted by Crippen LogP contribution is -2.17. The average molecular weight is 289 g/mol. The lowest BCUT2D eigenvalue weighted by molar-refractivity contribution is -0.137. The SMILES string of the molecule is CCCCCC(C)Nc1cc(C(F)(F)F)cc(NC)n1. The molecule has 1 aromatic heterocycles. The number of rotatable bonds is 7. The van der Waals surface area contributed by atoms with Crippen LogP contribution in [0.2, 0.25) is 0 Å². The van der Waals surface area contributed by atoms with Gasteiger partial charge in [0.05, 0.1) is 5.56 Å². The van der Waals surface area contributed by atoms with Crippen molar-refractivity contribution in [1.29, 1.82) is 0 Å². The Bertz CT molecular complexity index is 419. The molecule has 2 N–H and O–H groups in total. The molecule has 0 aliphatic heterocycles. The maximum absolute atomic E-state index is 12.8. The fraction of sp³-hybridized carbons (Fsp3) is 0.643. The lowest BCUT2D eigenvalue weighted by Gasteiger charge is -2.17. The van der Waals surface area contributed by atoms with E-state index in [0.717, 1.165) is 37.8 Å². The van der Waals surface area contributed by atoms with Gasteiger partial charge in [-0.2, -0.15) is 13.2 Å². The number of nitrogens with zero attached hydrogens (tertiary/aromatic N) is 1. The zero-order chi connectivity index (χ0) is 15.2. The van der Waals surface area contributed by atoms with E-state index in [1.807, 2.05) is 6.92 Å². The van der Waals surface area contributed by atoms with Gasteiger partial charge in [0, 0.05) is 13.1 Å². The van der Waals surface area contributed by atoms with Crippen molar-refractivity contribution < 1.29 is 13.2 Å². The summed E-state index contributed by atoms with van der Waals surface area (Å²) in [6, 6.07) is 2.16. The summed E-state index contributed by atoms with van der Waals surface area (Å²) >= 11 is 0. The number of hydrogen-bond acceptors (Lipinski definition) is 3. The summed E-state index contributed by atoms with van der Waals surface area (Å²) in [5.74, 6) is 0.469. The molecule has 114 valence electrons. The van der Waals surface area contributed by atoms with E-state index in [1.165, 1.54) is 0 Å². The predicted octanol–water partition coefficient (Wildman–Crippen LogP) is 4.52. The third-order valence-electron chi connectivity index (χ3n) is 3.04. The average Bonchev–Trinajstić information content (AvgIpc) is 2.37. The highest BCUT2D eigenvalue weighted by Gasteiger charge is 2.31. The van der Waals surface area contributed by atoms with Crippen LogP contribution in [0, 0.1) is 0 Å². The van der Waals surface area contributed by atoms with Gasteiger partial charge in [-0.1, -0.05) is 26.2 Å². The molecule has 0 aliphatic rings. The predicted molar refractivity (Wildman–Crippen MR) is 76.0 cm³/mol. The van der Waals surface area contributed by atoms with Gasteiger partial charge in [0.2, 0.25) is 0 Å². The van der Waals surface area contributed by atoms with Crippen molar-refractivity contribution in [3.63, 3.8) is 0 Å². The zero-order valence-electron chi connectivity index (χ0n) is 12.1. The molecule has 0 radical (unpaired) electrons. The fourth-order valence-corrected chi connectivity index (χ4v) is 1.92. The van der Waals surface area contributed by atoms with E-state index in [-0.39, 0.29) is 17.7 Å². The largest absolute Gasteiger partial charge is 0.416 e. The molecule has 1 rings (SSSR count). The van der Waals surface area contributed by atoms with Gasteiger partial charge in [-0.25, -0.2) is 4.98 Å². The molecular formula is C14H22F3N3. The molecule has 0 saturated heterocycles. The van der Waals surface area contributed by atoms with Crippen molar-refractivity contribution in [2.75, 3.05) is 17.7 Å². The second kappa shape index (κ2) is 7.36. The standard InChI is InChI=1S/C14H22F3N3/c1-4-5-6-7-10(2)19-13-9-11(14(15,16)17)8-12(18-3)20-13/h8-10H,4-7H2,1-3H3,(H2,18,19,20). The first kappa shape index (κ1) is 16.6. The van der Waals surface area contributed by atoms with Gasteiger partial charge in [-0.05, 0) is 25.5 Å². The van der Waals surface area contributed by atoms with E-state index in [2.05, 4.69) is 22.5 Å². The molecule has 0 amide bonds. The minimum Gasteiger partial charge on any atom is -0.373 e. The summed E-state index contributed by atoms with van der Waals surface area (Å²) in [5.41, 5.74) is -0.694. The summed E-state index contributed by atoms with van der Waals surface area (Å²) in [5, 5.41) is 5.69. The molecule has 0 saturated carbocycles. The molecular weight excluding hydrogens is 267 g/mol. The first-order valence-electron chi connectivity index (χ1n) is 6.90. The van der Waals surface area contributed by atoms with Gasteiger partial charge in [0.1, 0.15) is 11.6 Å². The molecule has 0 aliphatic carbocycles. The third-order valence-corrected chi connectivity index (χ3v) is 3.04. The van der Waals surface area contributed by atoms with E-state index < -0.39 is 11.7 Å². The van der Waals surface area contributed by atoms with E-state index in [9.17, 15) is 13.2 Å². The molecule has 6 heteroatoms. The minimum absolute atomic E-state index is 0.0993. The minimum atomic E-state index is -4.36. The first-order valence-corrected chi connectivity index (χ1v) is 6.90. The van der Waals surface area contributed by atoms with Crippen molar-refractivity contribution in [2.45, 2.75) is 51.7 Å². The number of halogens is 3. The van der Waals surface area contributed by atoms with Crippen LogP contribution in [0.3, 0.4) is 0 Å². The van der Waals surface area contributed by atoms with E-state index in [4.69, 9.17) is 0 Å². The summed E-state index contributed by atoms with van der Waals surface area (Å²) in [7, 11) is 1.55. The molecule has 1 aromatic rings. The van der Waals surface area contributed by atoms with Gasteiger partial charge in [0.25, 0.3) is 0 Å². The van der Waals surface area contributed by atoms with Crippen LogP contribution >= 0.6 is 0 Å². The summed E-state index contributed by atoms with van der Waals surface area (Å²) in [6.45, 7) is 4.07. The van der Waals surface area contributed by atoms with Gasteiger partial charge >= 0.3 is 6.18 Å². The Morgan fingerprint density at radius 3 is 2.40 bits per heavy atom. The molecule has 1 unspecified atom stereocenters. The zero-order valence-corrected chi connectivity index (χ0v) is 12.1. The van der Waals surface area contributed by atoms with Crippen molar-refractivity contribution in [1.82, 2.24) is 4.98 Å². The van der Waals surface area contributed by atoms with Crippen LogP contribution < -0.4 is 10.6 Å². The topological polar surface area (TPSA) is 37.0 Å². The van der Waals surface area contributed by atoms with Crippen molar-refractivity contribution in [3.8, 4) is 0 Å². The number of aromatic nitrogens is 1. The van der Waals surface area contributed by atoms with Crippen LogP contribution in [-0.2, 0) is 6.18 Å². The first-order chi connectivity index (χ1) is 9.36. The van der Waals surface area contributed by atoms with Crippen LogP contribution in [0.4, 0.5) is 24.8 Å². The Hall–Kier alpha value is -1.46. The van der Waals surface area contributed by atoms with E-state index >= 15 is 0 Å². The summed E-state index contributed by atoms with van der Waals surface area (Å²) in [4.78, 5) is 4.11. The fourth-order valence-electron chi connectivity index (χ4n) is 1.92. The Labute approximate surface area is 118 Å². The molecule has 0 aromatic carbocycles. The smallest absolute Gasteiger partial charge is 0.373 e. The van der Waals surface area contributed by atoms with Crippen molar-refractivity contribution in [3.05, 3.63) is 17.7 Å². The van der Waals surface area contributed by atoms with Gasteiger partial charge in [-0.3, -0.25) is 0 Å². The Morgan fingerprint density at radius 2 is 1.85 bits per heavy atom. The Morgan fingerprint density at radius 1 is 1.20 bits per heavy atom.